The molecule has 0 bridgehead atoms. The molecule has 2 heterocycles. The Hall–Kier alpha value is -1.79. The number of nitrogens with zero attached hydrogens (tertiary/aromatic N) is 4. The normalized spacial score (nSPS) is 22.1. The molecular formula is C17H25N5O3S. The van der Waals surface area contributed by atoms with Crippen LogP contribution in [0, 0.1) is 11.3 Å². The van der Waals surface area contributed by atoms with Crippen LogP contribution < -0.4 is 5.69 Å². The Kier molecular flexibility index (Phi) is 6.04. The first-order valence-corrected chi connectivity index (χ1v) is 10.1. The molecule has 0 unspecified atom stereocenters. The van der Waals surface area contributed by atoms with Crippen molar-refractivity contribution < 1.29 is 9.53 Å². The Morgan fingerprint density at radius 3 is 2.88 bits per heavy atom. The molecular weight excluding hydrogens is 354 g/mol. The number of aromatic amines is 1. The van der Waals surface area contributed by atoms with Crippen molar-refractivity contribution in [3.8, 4) is 6.07 Å². The standard InChI is InChI=1S/C17H25N5O3S/c1-21(17(12-18)7-3-2-4-8-17)14(23)11-26-16-20-19-15(24)22(16)10-13-6-5-9-25-13/h13H,2-11H2,1H3,(H,19,24)/t13-/m1/s1. The summed E-state index contributed by atoms with van der Waals surface area (Å²) in [7, 11) is 1.71. The molecule has 0 radical (unpaired) electrons. The third-order valence-electron chi connectivity index (χ3n) is 5.36. The van der Waals surface area contributed by atoms with E-state index < -0.39 is 5.54 Å². The largest absolute Gasteiger partial charge is 0.376 e. The molecule has 1 saturated heterocycles. The lowest BCUT2D eigenvalue weighted by atomic mass is 9.81. The number of hydrogen-bond donors (Lipinski definition) is 1. The zero-order valence-corrected chi connectivity index (χ0v) is 15.9. The fourth-order valence-corrected chi connectivity index (χ4v) is 4.56. The van der Waals surface area contributed by atoms with E-state index in [1.165, 1.54) is 16.3 Å². The van der Waals surface area contributed by atoms with E-state index in [1.807, 2.05) is 0 Å². The molecule has 0 spiro atoms. The van der Waals surface area contributed by atoms with Crippen molar-refractivity contribution >= 4 is 17.7 Å². The molecule has 1 N–H and O–H groups in total. The summed E-state index contributed by atoms with van der Waals surface area (Å²) in [5, 5.41) is 16.6. The Morgan fingerprint density at radius 2 is 2.23 bits per heavy atom. The maximum atomic E-state index is 12.6. The van der Waals surface area contributed by atoms with Crippen LogP contribution in [0.3, 0.4) is 0 Å². The van der Waals surface area contributed by atoms with Gasteiger partial charge in [0.2, 0.25) is 5.91 Å². The average molecular weight is 379 g/mol. The van der Waals surface area contributed by atoms with Crippen molar-refractivity contribution in [1.82, 2.24) is 19.7 Å². The van der Waals surface area contributed by atoms with Crippen LogP contribution in [-0.2, 0) is 16.1 Å². The number of amides is 1. The Balaban J connectivity index is 1.62. The van der Waals surface area contributed by atoms with E-state index in [2.05, 4.69) is 16.3 Å². The van der Waals surface area contributed by atoms with Gasteiger partial charge in [-0.05, 0) is 25.7 Å². The minimum absolute atomic E-state index is 0.0205. The van der Waals surface area contributed by atoms with Crippen LogP contribution in [0.5, 0.6) is 0 Å². The van der Waals surface area contributed by atoms with Crippen molar-refractivity contribution in [2.45, 2.75) is 68.3 Å². The monoisotopic (exact) mass is 379 g/mol. The lowest BCUT2D eigenvalue weighted by molar-refractivity contribution is -0.131. The first-order chi connectivity index (χ1) is 12.6. The van der Waals surface area contributed by atoms with Gasteiger partial charge in [-0.15, -0.1) is 5.10 Å². The van der Waals surface area contributed by atoms with Crippen LogP contribution in [0.15, 0.2) is 9.95 Å². The average Bonchev–Trinajstić information content (AvgIpc) is 3.31. The molecule has 1 atom stereocenters. The highest BCUT2D eigenvalue weighted by Crippen LogP contribution is 2.33. The number of aromatic nitrogens is 3. The molecule has 1 aliphatic heterocycles. The van der Waals surface area contributed by atoms with Gasteiger partial charge >= 0.3 is 5.69 Å². The summed E-state index contributed by atoms with van der Waals surface area (Å²) in [5.74, 6) is 0.0352. The maximum Gasteiger partial charge on any atom is 0.344 e. The number of carbonyl (C=O) groups is 1. The van der Waals surface area contributed by atoms with Gasteiger partial charge in [-0.3, -0.25) is 9.36 Å². The number of hydrogen-bond acceptors (Lipinski definition) is 6. The van der Waals surface area contributed by atoms with Crippen LogP contribution in [0.25, 0.3) is 0 Å². The third kappa shape index (κ3) is 3.96. The van der Waals surface area contributed by atoms with Gasteiger partial charge in [-0.2, -0.15) is 5.26 Å². The molecule has 0 aromatic carbocycles. The van der Waals surface area contributed by atoms with E-state index in [9.17, 15) is 14.9 Å². The molecule has 9 heteroatoms. The fourth-order valence-electron chi connectivity index (χ4n) is 3.69. The number of nitrogens with one attached hydrogen (secondary N) is 1. The lowest BCUT2D eigenvalue weighted by Crippen LogP contribution is -2.50. The number of rotatable bonds is 6. The van der Waals surface area contributed by atoms with Gasteiger partial charge < -0.3 is 9.64 Å². The van der Waals surface area contributed by atoms with Crippen LogP contribution in [0.2, 0.25) is 0 Å². The number of ether oxygens (including phenoxy) is 1. The van der Waals surface area contributed by atoms with Crippen molar-refractivity contribution in [2.24, 2.45) is 0 Å². The van der Waals surface area contributed by atoms with Gasteiger partial charge in [-0.25, -0.2) is 9.89 Å². The summed E-state index contributed by atoms with van der Waals surface area (Å²) in [6.45, 7) is 1.17. The minimum Gasteiger partial charge on any atom is -0.376 e. The van der Waals surface area contributed by atoms with E-state index in [4.69, 9.17) is 4.74 Å². The highest BCUT2D eigenvalue weighted by molar-refractivity contribution is 7.99. The van der Waals surface area contributed by atoms with E-state index in [-0.39, 0.29) is 23.5 Å². The molecule has 1 aromatic heterocycles. The van der Waals surface area contributed by atoms with E-state index in [0.29, 0.717) is 11.7 Å². The van der Waals surface area contributed by atoms with Crippen molar-refractivity contribution in [2.75, 3.05) is 19.4 Å². The second-order valence-electron chi connectivity index (χ2n) is 7.00. The quantitative estimate of drug-likeness (QED) is 0.752. The predicted molar refractivity (Wildman–Crippen MR) is 96.7 cm³/mol. The van der Waals surface area contributed by atoms with Gasteiger partial charge in [-0.1, -0.05) is 31.0 Å². The van der Waals surface area contributed by atoms with Gasteiger partial charge in [0.25, 0.3) is 0 Å². The molecule has 2 fully saturated rings. The number of carbonyl (C=O) groups excluding carboxylic acids is 1. The van der Waals surface area contributed by atoms with Gasteiger partial charge in [0.15, 0.2) is 5.16 Å². The summed E-state index contributed by atoms with van der Waals surface area (Å²) in [6.07, 6.45) is 6.45. The summed E-state index contributed by atoms with van der Waals surface area (Å²) >= 11 is 1.23. The molecule has 3 rings (SSSR count). The second-order valence-corrected chi connectivity index (χ2v) is 7.94. The predicted octanol–water partition coefficient (Wildman–Crippen LogP) is 1.53. The van der Waals surface area contributed by atoms with Crippen LogP contribution in [0.1, 0.15) is 44.9 Å². The highest BCUT2D eigenvalue weighted by atomic mass is 32.2. The van der Waals surface area contributed by atoms with Crippen molar-refractivity contribution in [1.29, 1.82) is 5.26 Å². The van der Waals surface area contributed by atoms with E-state index in [0.717, 1.165) is 51.6 Å². The van der Waals surface area contributed by atoms with Gasteiger partial charge in [0, 0.05) is 13.7 Å². The topological polar surface area (TPSA) is 104 Å². The SMILES string of the molecule is CN(C(=O)CSc1n[nH]c(=O)n1C[C@H]1CCCO1)C1(C#N)CCCCC1. The number of nitriles is 1. The second kappa shape index (κ2) is 8.27. The summed E-state index contributed by atoms with van der Waals surface area (Å²) in [4.78, 5) is 26.2. The minimum atomic E-state index is -0.696. The Bertz CT molecular complexity index is 725. The lowest BCUT2D eigenvalue weighted by Gasteiger charge is -2.39. The van der Waals surface area contributed by atoms with Crippen molar-refractivity contribution in [3.05, 3.63) is 10.5 Å². The zero-order chi connectivity index (χ0) is 18.6. The smallest absolute Gasteiger partial charge is 0.344 e. The Labute approximate surface area is 156 Å². The van der Waals surface area contributed by atoms with Crippen LogP contribution in [0.4, 0.5) is 0 Å². The zero-order valence-electron chi connectivity index (χ0n) is 15.1. The van der Waals surface area contributed by atoms with Crippen molar-refractivity contribution in [3.63, 3.8) is 0 Å². The number of thioether (sulfide) groups is 1. The van der Waals surface area contributed by atoms with Crippen LogP contribution >= 0.6 is 11.8 Å². The van der Waals surface area contributed by atoms with Gasteiger partial charge in [0.1, 0.15) is 5.54 Å². The van der Waals surface area contributed by atoms with E-state index in [1.54, 1.807) is 11.9 Å². The number of H-pyrrole nitrogens is 1. The molecule has 1 aliphatic carbocycles. The summed E-state index contributed by atoms with van der Waals surface area (Å²) in [5.41, 5.74) is -0.983. The molecule has 1 aromatic rings. The fraction of sp³-hybridized carbons (Fsp3) is 0.765. The molecule has 8 nitrogen and oxygen atoms in total. The molecule has 142 valence electrons. The molecule has 1 amide bonds. The Morgan fingerprint density at radius 1 is 1.46 bits per heavy atom. The first kappa shape index (κ1) is 19.0. The molecule has 26 heavy (non-hydrogen) atoms. The first-order valence-electron chi connectivity index (χ1n) is 9.13. The highest BCUT2D eigenvalue weighted by Gasteiger charge is 2.38. The maximum absolute atomic E-state index is 12.6. The summed E-state index contributed by atoms with van der Waals surface area (Å²) < 4.78 is 7.12. The van der Waals surface area contributed by atoms with Gasteiger partial charge in [0.05, 0.1) is 24.5 Å². The van der Waals surface area contributed by atoms with E-state index >= 15 is 0 Å². The summed E-state index contributed by atoms with van der Waals surface area (Å²) in [6, 6.07) is 2.36. The van der Waals surface area contributed by atoms with Crippen LogP contribution in [-0.4, -0.2) is 56.6 Å². The third-order valence-corrected chi connectivity index (χ3v) is 6.32. The molecule has 1 saturated carbocycles. The molecule has 2 aliphatic rings.